The lowest BCUT2D eigenvalue weighted by atomic mass is 9.65. The molecule has 51 heavy (non-hydrogen) atoms. The predicted octanol–water partition coefficient (Wildman–Crippen LogP) is 13.0. The van der Waals surface area contributed by atoms with Crippen molar-refractivity contribution >= 4 is 34.1 Å². The highest BCUT2D eigenvalue weighted by Gasteiger charge is 2.38. The maximum Gasteiger partial charge on any atom is 0.0702 e. The van der Waals surface area contributed by atoms with E-state index in [1.165, 1.54) is 22.3 Å². The number of hydrogen-bond acceptors (Lipinski definition) is 2. The van der Waals surface area contributed by atoms with Crippen molar-refractivity contribution in [2.45, 2.75) is 5.41 Å². The van der Waals surface area contributed by atoms with E-state index in [0.717, 1.165) is 34.1 Å². The Labute approximate surface area is 301 Å². The molecule has 244 valence electrons. The molecule has 0 aliphatic heterocycles. The summed E-state index contributed by atoms with van der Waals surface area (Å²) in [7, 11) is 0. The molecular formula is C49H38N2. The topological polar surface area (TPSA) is 6.48 Å². The van der Waals surface area contributed by atoms with E-state index in [2.05, 4.69) is 240 Å². The van der Waals surface area contributed by atoms with E-state index in [-0.39, 0.29) is 0 Å². The van der Waals surface area contributed by atoms with Crippen LogP contribution in [-0.4, -0.2) is 0 Å². The van der Waals surface area contributed by atoms with Crippen LogP contribution in [0.15, 0.2) is 231 Å². The molecule has 0 bridgehead atoms. The lowest BCUT2D eigenvalue weighted by Crippen LogP contribution is -2.31. The largest absolute Gasteiger partial charge is 0.311 e. The number of anilines is 6. The summed E-state index contributed by atoms with van der Waals surface area (Å²) in [6, 6.07) is 82.4. The average Bonchev–Trinajstić information content (AvgIpc) is 3.22. The molecule has 0 atom stereocenters. The monoisotopic (exact) mass is 654 g/mol. The van der Waals surface area contributed by atoms with Gasteiger partial charge in [-0.25, -0.2) is 0 Å². The molecule has 0 heterocycles. The van der Waals surface area contributed by atoms with E-state index in [1.54, 1.807) is 0 Å². The van der Waals surface area contributed by atoms with Crippen LogP contribution in [0.25, 0.3) is 0 Å². The van der Waals surface area contributed by atoms with Gasteiger partial charge in [0, 0.05) is 34.1 Å². The fraction of sp³-hybridized carbons (Fsp3) is 0.0204. The van der Waals surface area contributed by atoms with Gasteiger partial charge in [0.25, 0.3) is 0 Å². The first-order valence-electron chi connectivity index (χ1n) is 17.4. The highest BCUT2D eigenvalue weighted by molar-refractivity contribution is 5.81. The lowest BCUT2D eigenvalue weighted by molar-refractivity contribution is 0.745. The number of hydrogen-bond donors (Lipinski definition) is 0. The first-order valence-corrected chi connectivity index (χ1v) is 17.4. The van der Waals surface area contributed by atoms with Crippen LogP contribution in [0.4, 0.5) is 34.1 Å². The van der Waals surface area contributed by atoms with Gasteiger partial charge in [-0.2, -0.15) is 0 Å². The molecule has 8 aromatic rings. The van der Waals surface area contributed by atoms with Crippen molar-refractivity contribution in [3.63, 3.8) is 0 Å². The summed E-state index contributed by atoms with van der Waals surface area (Å²) in [5, 5.41) is 0. The van der Waals surface area contributed by atoms with Gasteiger partial charge in [0.2, 0.25) is 0 Å². The van der Waals surface area contributed by atoms with Gasteiger partial charge in [-0.05, 0) is 95.1 Å². The standard InChI is InChI=1S/C49H38N2/c1-7-20-39(21-8-1)49(40-22-9-2-10-23-40,41-24-11-3-12-25-41)42-26-19-33-48(38-42)51(45-31-17-6-18-32-45)47-36-34-46(35-37-47)50(43-27-13-4-14-28-43)44-29-15-5-16-30-44/h1-38H. The second-order valence-corrected chi connectivity index (χ2v) is 12.6. The van der Waals surface area contributed by atoms with E-state index in [1.807, 2.05) is 0 Å². The molecule has 8 rings (SSSR count). The van der Waals surface area contributed by atoms with Crippen molar-refractivity contribution < 1.29 is 0 Å². The maximum absolute atomic E-state index is 2.37. The molecule has 0 spiro atoms. The van der Waals surface area contributed by atoms with Gasteiger partial charge in [0.15, 0.2) is 0 Å². The Morgan fingerprint density at radius 3 is 0.824 bits per heavy atom. The molecule has 0 aliphatic rings. The Morgan fingerprint density at radius 1 is 0.216 bits per heavy atom. The molecular weight excluding hydrogens is 617 g/mol. The van der Waals surface area contributed by atoms with Crippen molar-refractivity contribution in [2.24, 2.45) is 0 Å². The lowest BCUT2D eigenvalue weighted by Gasteiger charge is -2.37. The molecule has 0 aliphatic carbocycles. The Hall–Kier alpha value is -6.64. The Bertz CT molecular complexity index is 2140. The van der Waals surface area contributed by atoms with Crippen LogP contribution in [0, 0.1) is 0 Å². The number of rotatable bonds is 10. The van der Waals surface area contributed by atoms with Gasteiger partial charge in [-0.1, -0.05) is 158 Å². The first-order chi connectivity index (χ1) is 25.3. The summed E-state index contributed by atoms with van der Waals surface area (Å²) in [6.07, 6.45) is 0. The van der Waals surface area contributed by atoms with Crippen molar-refractivity contribution in [3.8, 4) is 0 Å². The third-order valence-corrected chi connectivity index (χ3v) is 9.57. The SMILES string of the molecule is c1ccc(N(c2ccccc2)c2ccc(N(c3ccccc3)c3cccc(C(c4ccccc4)(c4ccccc4)c4ccccc4)c3)cc2)cc1. The molecule has 8 aromatic carbocycles. The van der Waals surface area contributed by atoms with Gasteiger partial charge < -0.3 is 9.80 Å². The fourth-order valence-corrected chi connectivity index (χ4v) is 7.32. The van der Waals surface area contributed by atoms with Crippen LogP contribution < -0.4 is 9.80 Å². The number of nitrogens with zero attached hydrogens (tertiary/aromatic N) is 2. The van der Waals surface area contributed by atoms with Gasteiger partial charge >= 0.3 is 0 Å². The van der Waals surface area contributed by atoms with E-state index < -0.39 is 5.41 Å². The van der Waals surface area contributed by atoms with Crippen molar-refractivity contribution in [1.29, 1.82) is 0 Å². The molecule has 2 nitrogen and oxygen atoms in total. The summed E-state index contributed by atoms with van der Waals surface area (Å²) in [5.74, 6) is 0. The number of benzene rings is 8. The van der Waals surface area contributed by atoms with E-state index >= 15 is 0 Å². The zero-order valence-corrected chi connectivity index (χ0v) is 28.3. The summed E-state index contributed by atoms with van der Waals surface area (Å²) in [6.45, 7) is 0. The van der Waals surface area contributed by atoms with Gasteiger partial charge in [-0.15, -0.1) is 0 Å². The average molecular weight is 655 g/mol. The summed E-state index contributed by atoms with van der Waals surface area (Å²) < 4.78 is 0. The van der Waals surface area contributed by atoms with Crippen LogP contribution >= 0.6 is 0 Å². The number of para-hydroxylation sites is 3. The molecule has 2 heteroatoms. The van der Waals surface area contributed by atoms with E-state index in [9.17, 15) is 0 Å². The van der Waals surface area contributed by atoms with Crippen LogP contribution in [-0.2, 0) is 5.41 Å². The summed E-state index contributed by atoms with van der Waals surface area (Å²) >= 11 is 0. The van der Waals surface area contributed by atoms with E-state index in [4.69, 9.17) is 0 Å². The Balaban J connectivity index is 1.29. The highest BCUT2D eigenvalue weighted by atomic mass is 15.2. The van der Waals surface area contributed by atoms with Gasteiger partial charge in [0.1, 0.15) is 0 Å². The van der Waals surface area contributed by atoms with Crippen LogP contribution in [0.1, 0.15) is 22.3 Å². The Morgan fingerprint density at radius 2 is 0.471 bits per heavy atom. The molecule has 0 radical (unpaired) electrons. The molecule has 0 amide bonds. The fourth-order valence-electron chi connectivity index (χ4n) is 7.32. The van der Waals surface area contributed by atoms with Crippen LogP contribution in [0.3, 0.4) is 0 Å². The minimum Gasteiger partial charge on any atom is -0.311 e. The van der Waals surface area contributed by atoms with Crippen LogP contribution in [0.5, 0.6) is 0 Å². The summed E-state index contributed by atoms with van der Waals surface area (Å²) in [5.41, 5.74) is 10.9. The van der Waals surface area contributed by atoms with Crippen molar-refractivity contribution in [1.82, 2.24) is 0 Å². The highest BCUT2D eigenvalue weighted by Crippen LogP contribution is 2.47. The quantitative estimate of drug-likeness (QED) is 0.135. The molecule has 0 aromatic heterocycles. The molecule has 0 fully saturated rings. The minimum absolute atomic E-state index is 0.544. The smallest absolute Gasteiger partial charge is 0.0702 e. The molecule has 0 saturated carbocycles. The predicted molar refractivity (Wildman–Crippen MR) is 214 cm³/mol. The van der Waals surface area contributed by atoms with Crippen molar-refractivity contribution in [3.05, 3.63) is 253 Å². The van der Waals surface area contributed by atoms with Crippen molar-refractivity contribution in [2.75, 3.05) is 9.80 Å². The van der Waals surface area contributed by atoms with Gasteiger partial charge in [0.05, 0.1) is 5.41 Å². The third-order valence-electron chi connectivity index (χ3n) is 9.57. The van der Waals surface area contributed by atoms with E-state index in [0.29, 0.717) is 0 Å². The second kappa shape index (κ2) is 14.5. The molecule has 0 unspecified atom stereocenters. The first kappa shape index (κ1) is 31.6. The van der Waals surface area contributed by atoms with Gasteiger partial charge in [-0.3, -0.25) is 0 Å². The van der Waals surface area contributed by atoms with Crippen LogP contribution in [0.2, 0.25) is 0 Å². The summed E-state index contributed by atoms with van der Waals surface area (Å²) in [4.78, 5) is 4.65. The zero-order valence-electron chi connectivity index (χ0n) is 28.3. The molecule has 0 N–H and O–H groups in total. The second-order valence-electron chi connectivity index (χ2n) is 12.6. The minimum atomic E-state index is -0.544. The zero-order chi connectivity index (χ0) is 34.3. The third kappa shape index (κ3) is 6.20. The Kier molecular flexibility index (Phi) is 8.96. The maximum atomic E-state index is 2.37. The normalized spacial score (nSPS) is 11.1. The molecule has 0 saturated heterocycles.